The van der Waals surface area contributed by atoms with Crippen LogP contribution in [0, 0.1) is 0 Å². The molecule has 32 heavy (non-hydrogen) atoms. The molecule has 1 heterocycles. The maximum atomic E-state index is 12.3. The second kappa shape index (κ2) is 12.7. The molecule has 2 aromatic carbocycles. The Bertz CT molecular complexity index is 943. The quantitative estimate of drug-likeness (QED) is 0.552. The number of nitrogens with one attached hydrogen (secondary N) is 1. The van der Waals surface area contributed by atoms with Crippen molar-refractivity contribution in [3.05, 3.63) is 59.7 Å². The summed E-state index contributed by atoms with van der Waals surface area (Å²) in [7, 11) is -1.73. The molecule has 0 bridgehead atoms. The van der Waals surface area contributed by atoms with Gasteiger partial charge in [0.1, 0.15) is 5.75 Å². The van der Waals surface area contributed by atoms with Gasteiger partial charge in [-0.1, -0.05) is 36.8 Å². The number of methoxy groups -OCH3 is 1. The van der Waals surface area contributed by atoms with Crippen LogP contribution in [0.4, 0.5) is 5.69 Å². The van der Waals surface area contributed by atoms with Gasteiger partial charge >= 0.3 is 0 Å². The van der Waals surface area contributed by atoms with Crippen LogP contribution < -0.4 is 14.5 Å². The van der Waals surface area contributed by atoms with E-state index in [0.29, 0.717) is 18.3 Å². The molecule has 0 aromatic heterocycles. The summed E-state index contributed by atoms with van der Waals surface area (Å²) in [5, 5.41) is 2.31. The summed E-state index contributed by atoms with van der Waals surface area (Å²) in [6.07, 6.45) is 4.73. The van der Waals surface area contributed by atoms with Crippen LogP contribution in [0.15, 0.2) is 48.5 Å². The van der Waals surface area contributed by atoms with Gasteiger partial charge in [-0.05, 0) is 50.5 Å². The minimum atomic E-state index is -3.37. The van der Waals surface area contributed by atoms with Crippen molar-refractivity contribution >= 4 is 40.5 Å². The maximum absolute atomic E-state index is 12.3. The Kier molecular flexibility index (Phi) is 11.3. The Morgan fingerprint density at radius 2 is 1.81 bits per heavy atom. The van der Waals surface area contributed by atoms with Gasteiger partial charge < -0.3 is 4.74 Å². The lowest BCUT2D eigenvalue weighted by atomic mass is 9.97. The van der Waals surface area contributed by atoms with Crippen molar-refractivity contribution < 1.29 is 13.2 Å². The van der Waals surface area contributed by atoms with Crippen molar-refractivity contribution in [3.8, 4) is 5.75 Å². The van der Waals surface area contributed by atoms with Gasteiger partial charge in [0.25, 0.3) is 0 Å². The molecule has 0 saturated carbocycles. The first kappa shape index (κ1) is 28.5. The first-order valence-electron chi connectivity index (χ1n) is 10.5. The number of hydrazine groups is 1. The van der Waals surface area contributed by atoms with Gasteiger partial charge in [0.2, 0.25) is 10.0 Å². The van der Waals surface area contributed by atoms with E-state index in [-0.39, 0.29) is 30.9 Å². The van der Waals surface area contributed by atoms with Crippen molar-refractivity contribution in [3.63, 3.8) is 0 Å². The molecule has 1 aliphatic heterocycles. The number of anilines is 1. The van der Waals surface area contributed by atoms with E-state index in [0.717, 1.165) is 30.7 Å². The number of nitrogens with zero attached hydrogens (tertiary/aromatic N) is 2. The zero-order chi connectivity index (χ0) is 21.7. The maximum Gasteiger partial charge on any atom is 0.232 e. The van der Waals surface area contributed by atoms with Crippen molar-refractivity contribution in [1.29, 1.82) is 0 Å². The van der Waals surface area contributed by atoms with E-state index in [1.165, 1.54) is 22.5 Å². The van der Waals surface area contributed by atoms with Gasteiger partial charge in [0.05, 0.1) is 19.1 Å². The molecule has 0 spiro atoms. The second-order valence-corrected chi connectivity index (χ2v) is 9.96. The number of piperidine rings is 1. The normalized spacial score (nSPS) is 16.7. The minimum absolute atomic E-state index is 0. The van der Waals surface area contributed by atoms with Gasteiger partial charge in [-0.2, -0.15) is 0 Å². The molecule has 0 amide bonds. The Hall–Kier alpha value is -1.51. The number of ether oxygens (including phenoxy) is 1. The number of halogens is 2. The lowest BCUT2D eigenvalue weighted by molar-refractivity contribution is 0.0822. The zero-order valence-corrected chi connectivity index (χ0v) is 21.6. The first-order chi connectivity index (χ1) is 14.3. The number of hydrogen-bond donors (Lipinski definition) is 1. The van der Waals surface area contributed by atoms with Crippen LogP contribution in [0.2, 0.25) is 0 Å². The summed E-state index contributed by atoms with van der Waals surface area (Å²) in [5.41, 5.74) is 6.48. The smallest absolute Gasteiger partial charge is 0.232 e. The summed E-state index contributed by atoms with van der Waals surface area (Å²) in [6.45, 7) is 5.29. The average Bonchev–Trinajstić information content (AvgIpc) is 2.72. The van der Waals surface area contributed by atoms with E-state index in [2.05, 4.69) is 34.7 Å². The fourth-order valence-electron chi connectivity index (χ4n) is 4.24. The molecule has 2 aromatic rings. The first-order valence-corrected chi connectivity index (χ1v) is 12.4. The number of rotatable bonds is 8. The minimum Gasteiger partial charge on any atom is -0.496 e. The van der Waals surface area contributed by atoms with Gasteiger partial charge in [-0.3, -0.25) is 9.73 Å². The topological polar surface area (TPSA) is 61.9 Å². The Morgan fingerprint density at radius 3 is 2.41 bits per heavy atom. The monoisotopic (exact) mass is 503 g/mol. The van der Waals surface area contributed by atoms with Gasteiger partial charge in [-0.15, -0.1) is 24.8 Å². The Labute approximate surface area is 205 Å². The standard InChI is InChI=1S/C23H33N3O3S.2ClH/c1-18(2)26(30(4,27)28)21-13-14-23(29-3)20(16-21)17-24-25-15-9-8-12-22(25)19-10-6-5-7-11-19;;/h5-7,10-11,13-14,16,18,22,24H,8-9,12,15,17H2,1-4H3;2*1H. The molecule has 1 saturated heterocycles. The summed E-state index contributed by atoms with van der Waals surface area (Å²) in [5.74, 6) is 0.747. The summed E-state index contributed by atoms with van der Waals surface area (Å²) < 4.78 is 31.6. The Morgan fingerprint density at radius 1 is 1.12 bits per heavy atom. The second-order valence-electron chi connectivity index (χ2n) is 8.10. The molecule has 180 valence electrons. The average molecular weight is 505 g/mol. The van der Waals surface area contributed by atoms with Crippen LogP contribution in [0.5, 0.6) is 5.75 Å². The molecular formula is C23H35Cl2N3O3S. The molecule has 1 N–H and O–H groups in total. The van der Waals surface area contributed by atoms with Crippen LogP contribution in [-0.2, 0) is 16.6 Å². The fraction of sp³-hybridized carbons (Fsp3) is 0.478. The van der Waals surface area contributed by atoms with Crippen LogP contribution in [0.3, 0.4) is 0 Å². The lowest BCUT2D eigenvalue weighted by Gasteiger charge is -2.36. The molecule has 1 fully saturated rings. The van der Waals surface area contributed by atoms with E-state index in [9.17, 15) is 8.42 Å². The summed E-state index contributed by atoms with van der Waals surface area (Å²) in [4.78, 5) is 0. The summed E-state index contributed by atoms with van der Waals surface area (Å²) in [6, 6.07) is 16.3. The lowest BCUT2D eigenvalue weighted by Crippen LogP contribution is -2.43. The fourth-order valence-corrected chi connectivity index (χ4v) is 5.50. The van der Waals surface area contributed by atoms with Crippen LogP contribution >= 0.6 is 24.8 Å². The van der Waals surface area contributed by atoms with Gasteiger partial charge in [0.15, 0.2) is 0 Å². The molecule has 1 atom stereocenters. The molecule has 1 aliphatic rings. The predicted octanol–water partition coefficient (Wildman–Crippen LogP) is 4.95. The van der Waals surface area contributed by atoms with Crippen LogP contribution in [-0.4, -0.2) is 39.4 Å². The Balaban J connectivity index is 0.00000256. The predicted molar refractivity (Wildman–Crippen MR) is 137 cm³/mol. The van der Waals surface area contributed by atoms with E-state index in [1.807, 2.05) is 32.0 Å². The highest BCUT2D eigenvalue weighted by Gasteiger charge is 2.25. The van der Waals surface area contributed by atoms with Gasteiger partial charge in [0, 0.05) is 30.7 Å². The third kappa shape index (κ3) is 6.99. The number of hydrogen-bond acceptors (Lipinski definition) is 5. The van der Waals surface area contributed by atoms with Crippen molar-refractivity contribution in [2.75, 3.05) is 24.2 Å². The van der Waals surface area contributed by atoms with Crippen LogP contribution in [0.1, 0.15) is 50.3 Å². The number of sulfonamides is 1. The van der Waals surface area contributed by atoms with Gasteiger partial charge in [-0.25, -0.2) is 13.4 Å². The molecular weight excluding hydrogens is 469 g/mol. The SMILES string of the molecule is COc1ccc(N(C(C)C)S(C)(=O)=O)cc1CNN1CCCCC1c1ccccc1.Cl.Cl. The highest BCUT2D eigenvalue weighted by atomic mass is 35.5. The number of benzene rings is 2. The van der Waals surface area contributed by atoms with Crippen molar-refractivity contribution in [1.82, 2.24) is 10.4 Å². The van der Waals surface area contributed by atoms with E-state index < -0.39 is 10.0 Å². The molecule has 1 unspecified atom stereocenters. The third-order valence-corrected chi connectivity index (χ3v) is 6.85. The van der Waals surface area contributed by atoms with Crippen molar-refractivity contribution in [2.24, 2.45) is 0 Å². The van der Waals surface area contributed by atoms with Crippen LogP contribution in [0.25, 0.3) is 0 Å². The van der Waals surface area contributed by atoms with E-state index >= 15 is 0 Å². The summed E-state index contributed by atoms with van der Waals surface area (Å²) >= 11 is 0. The zero-order valence-electron chi connectivity index (χ0n) is 19.2. The van der Waals surface area contributed by atoms with E-state index in [4.69, 9.17) is 4.74 Å². The third-order valence-electron chi connectivity index (χ3n) is 5.50. The molecule has 3 rings (SSSR count). The molecule has 0 radical (unpaired) electrons. The van der Waals surface area contributed by atoms with Crippen molar-refractivity contribution in [2.45, 2.75) is 51.7 Å². The highest BCUT2D eigenvalue weighted by molar-refractivity contribution is 7.92. The molecule has 0 aliphatic carbocycles. The molecule has 9 heteroatoms. The van der Waals surface area contributed by atoms with E-state index in [1.54, 1.807) is 13.2 Å². The molecule has 6 nitrogen and oxygen atoms in total. The highest BCUT2D eigenvalue weighted by Crippen LogP contribution is 2.31. The largest absolute Gasteiger partial charge is 0.496 e.